The molecule has 0 saturated heterocycles. The zero-order valence-corrected chi connectivity index (χ0v) is 11.1. The summed E-state index contributed by atoms with van der Waals surface area (Å²) in [6, 6.07) is 4.23. The standard InChI is InChI=1S/C13H22N4O/c1-3-17(4-2)11(12-6-5-9-18-12)10-16-13-14-7-8-15-13/h5-6,9,11H,3-4,7-8,10H2,1-2H3,(H2,14,15,16)/t11-/m1/s1. The Kier molecular flexibility index (Phi) is 4.64. The Bertz CT molecular complexity index is 370. The van der Waals surface area contributed by atoms with Crippen molar-refractivity contribution in [3.8, 4) is 0 Å². The Balaban J connectivity index is 2.00. The summed E-state index contributed by atoms with van der Waals surface area (Å²) in [7, 11) is 0. The molecular formula is C13H22N4O. The lowest BCUT2D eigenvalue weighted by Crippen LogP contribution is -2.41. The molecule has 100 valence electrons. The van der Waals surface area contributed by atoms with Crippen LogP contribution in [0.25, 0.3) is 0 Å². The first-order valence-corrected chi connectivity index (χ1v) is 6.64. The molecule has 0 bridgehead atoms. The van der Waals surface area contributed by atoms with E-state index in [2.05, 4.69) is 34.4 Å². The molecule has 0 fully saturated rings. The van der Waals surface area contributed by atoms with Gasteiger partial charge in [0.05, 0.1) is 18.8 Å². The molecule has 2 heterocycles. The zero-order chi connectivity index (χ0) is 12.8. The fourth-order valence-electron chi connectivity index (χ4n) is 2.26. The number of nitrogens with one attached hydrogen (secondary N) is 2. The second kappa shape index (κ2) is 6.44. The van der Waals surface area contributed by atoms with Crippen molar-refractivity contribution in [1.82, 2.24) is 15.5 Å². The highest BCUT2D eigenvalue weighted by Crippen LogP contribution is 2.20. The van der Waals surface area contributed by atoms with Gasteiger partial charge in [0.2, 0.25) is 0 Å². The lowest BCUT2D eigenvalue weighted by molar-refractivity contribution is 0.193. The average molecular weight is 250 g/mol. The molecule has 18 heavy (non-hydrogen) atoms. The number of likely N-dealkylation sites (N-methyl/N-ethyl adjacent to an activating group) is 1. The number of guanidine groups is 1. The minimum absolute atomic E-state index is 0.250. The van der Waals surface area contributed by atoms with E-state index in [0.717, 1.165) is 44.4 Å². The molecule has 0 radical (unpaired) electrons. The molecule has 0 saturated carbocycles. The average Bonchev–Trinajstić information content (AvgIpc) is 3.07. The predicted octanol–water partition coefficient (Wildman–Crippen LogP) is 1.21. The smallest absolute Gasteiger partial charge is 0.191 e. The summed E-state index contributed by atoms with van der Waals surface area (Å²) < 4.78 is 5.55. The van der Waals surface area contributed by atoms with Crippen molar-refractivity contribution in [3.05, 3.63) is 24.2 Å². The molecule has 1 atom stereocenters. The maximum absolute atomic E-state index is 5.55. The molecule has 0 aromatic carbocycles. The number of furan rings is 1. The summed E-state index contributed by atoms with van der Waals surface area (Å²) in [6.07, 6.45) is 1.73. The third-order valence-corrected chi connectivity index (χ3v) is 3.26. The lowest BCUT2D eigenvalue weighted by atomic mass is 10.2. The van der Waals surface area contributed by atoms with E-state index < -0.39 is 0 Å². The number of aliphatic imine (C=N–C) groups is 1. The maximum atomic E-state index is 5.55. The normalized spacial score (nSPS) is 16.5. The summed E-state index contributed by atoms with van der Waals surface area (Å²) >= 11 is 0. The number of rotatable bonds is 6. The van der Waals surface area contributed by atoms with E-state index in [4.69, 9.17) is 4.42 Å². The third-order valence-electron chi connectivity index (χ3n) is 3.26. The minimum Gasteiger partial charge on any atom is -0.468 e. The van der Waals surface area contributed by atoms with Gasteiger partial charge in [-0.15, -0.1) is 0 Å². The molecule has 1 aliphatic rings. The summed E-state index contributed by atoms with van der Waals surface area (Å²) in [5, 5.41) is 6.58. The van der Waals surface area contributed by atoms with E-state index in [1.54, 1.807) is 6.26 Å². The van der Waals surface area contributed by atoms with E-state index in [1.807, 2.05) is 12.1 Å². The van der Waals surface area contributed by atoms with E-state index in [1.165, 1.54) is 0 Å². The number of nitrogens with zero attached hydrogens (tertiary/aromatic N) is 2. The van der Waals surface area contributed by atoms with Crippen molar-refractivity contribution >= 4 is 5.96 Å². The summed E-state index contributed by atoms with van der Waals surface area (Å²) in [4.78, 5) is 6.72. The van der Waals surface area contributed by atoms with Crippen molar-refractivity contribution in [2.24, 2.45) is 4.99 Å². The molecule has 1 aromatic rings. The van der Waals surface area contributed by atoms with Gasteiger partial charge in [0.1, 0.15) is 5.76 Å². The molecule has 0 unspecified atom stereocenters. The predicted molar refractivity (Wildman–Crippen MR) is 72.7 cm³/mol. The SMILES string of the molecule is CCN(CC)[C@H](CNC1=NCCN1)c1ccco1. The van der Waals surface area contributed by atoms with Gasteiger partial charge in [-0.2, -0.15) is 0 Å². The van der Waals surface area contributed by atoms with Crippen molar-refractivity contribution in [2.45, 2.75) is 19.9 Å². The van der Waals surface area contributed by atoms with Crippen LogP contribution in [0, 0.1) is 0 Å². The lowest BCUT2D eigenvalue weighted by Gasteiger charge is -2.28. The minimum atomic E-state index is 0.250. The highest BCUT2D eigenvalue weighted by molar-refractivity contribution is 5.81. The van der Waals surface area contributed by atoms with Crippen LogP contribution >= 0.6 is 0 Å². The van der Waals surface area contributed by atoms with Crippen molar-refractivity contribution in [2.75, 3.05) is 32.7 Å². The largest absolute Gasteiger partial charge is 0.468 e. The Labute approximate surface area is 108 Å². The van der Waals surface area contributed by atoms with Gasteiger partial charge in [0, 0.05) is 13.1 Å². The topological polar surface area (TPSA) is 52.8 Å². The molecule has 1 aromatic heterocycles. The van der Waals surface area contributed by atoms with E-state index in [-0.39, 0.29) is 6.04 Å². The van der Waals surface area contributed by atoms with Crippen LogP contribution in [0.2, 0.25) is 0 Å². The third kappa shape index (κ3) is 3.04. The molecule has 5 heteroatoms. The van der Waals surface area contributed by atoms with Gasteiger partial charge in [-0.3, -0.25) is 9.89 Å². The van der Waals surface area contributed by atoms with Gasteiger partial charge in [0.25, 0.3) is 0 Å². The zero-order valence-electron chi connectivity index (χ0n) is 11.1. The molecule has 2 N–H and O–H groups in total. The fourth-order valence-corrected chi connectivity index (χ4v) is 2.26. The van der Waals surface area contributed by atoms with Crippen LogP contribution in [0.1, 0.15) is 25.6 Å². The molecule has 2 rings (SSSR count). The van der Waals surface area contributed by atoms with Crippen LogP contribution in [0.15, 0.2) is 27.8 Å². The second-order valence-electron chi connectivity index (χ2n) is 4.29. The molecule has 1 aliphatic heterocycles. The summed E-state index contributed by atoms with van der Waals surface area (Å²) in [5.74, 6) is 1.91. The Morgan fingerprint density at radius 3 is 2.89 bits per heavy atom. The summed E-state index contributed by atoms with van der Waals surface area (Å²) in [6.45, 7) is 8.95. The molecule has 0 aliphatic carbocycles. The Morgan fingerprint density at radius 2 is 2.33 bits per heavy atom. The second-order valence-corrected chi connectivity index (χ2v) is 4.29. The number of hydrogen-bond donors (Lipinski definition) is 2. The first-order chi connectivity index (χ1) is 8.85. The van der Waals surface area contributed by atoms with Crippen LogP contribution in [-0.2, 0) is 0 Å². The fraction of sp³-hybridized carbons (Fsp3) is 0.615. The quantitative estimate of drug-likeness (QED) is 0.797. The molecule has 0 amide bonds. The Morgan fingerprint density at radius 1 is 1.50 bits per heavy atom. The first-order valence-electron chi connectivity index (χ1n) is 6.64. The van der Waals surface area contributed by atoms with Gasteiger partial charge in [-0.25, -0.2) is 0 Å². The van der Waals surface area contributed by atoms with Crippen LogP contribution in [0.5, 0.6) is 0 Å². The van der Waals surface area contributed by atoms with E-state index in [9.17, 15) is 0 Å². The highest BCUT2D eigenvalue weighted by atomic mass is 16.3. The highest BCUT2D eigenvalue weighted by Gasteiger charge is 2.21. The van der Waals surface area contributed by atoms with Gasteiger partial charge < -0.3 is 15.1 Å². The van der Waals surface area contributed by atoms with Gasteiger partial charge in [-0.1, -0.05) is 13.8 Å². The van der Waals surface area contributed by atoms with Gasteiger partial charge in [0.15, 0.2) is 5.96 Å². The Hall–Kier alpha value is -1.49. The van der Waals surface area contributed by atoms with Crippen molar-refractivity contribution in [3.63, 3.8) is 0 Å². The van der Waals surface area contributed by atoms with Gasteiger partial charge >= 0.3 is 0 Å². The molecule has 0 spiro atoms. The number of hydrogen-bond acceptors (Lipinski definition) is 5. The van der Waals surface area contributed by atoms with Crippen LogP contribution in [0.3, 0.4) is 0 Å². The molecule has 5 nitrogen and oxygen atoms in total. The van der Waals surface area contributed by atoms with E-state index in [0.29, 0.717) is 0 Å². The van der Waals surface area contributed by atoms with Crippen LogP contribution in [-0.4, -0.2) is 43.6 Å². The maximum Gasteiger partial charge on any atom is 0.191 e. The summed E-state index contributed by atoms with van der Waals surface area (Å²) in [5.41, 5.74) is 0. The van der Waals surface area contributed by atoms with Crippen LogP contribution in [0.4, 0.5) is 0 Å². The van der Waals surface area contributed by atoms with Crippen molar-refractivity contribution in [1.29, 1.82) is 0 Å². The first kappa shape index (κ1) is 13.0. The van der Waals surface area contributed by atoms with E-state index >= 15 is 0 Å². The monoisotopic (exact) mass is 250 g/mol. The van der Waals surface area contributed by atoms with Gasteiger partial charge in [-0.05, 0) is 25.2 Å². The van der Waals surface area contributed by atoms with Crippen LogP contribution < -0.4 is 10.6 Å². The van der Waals surface area contributed by atoms with Crippen molar-refractivity contribution < 1.29 is 4.42 Å². The molecular weight excluding hydrogens is 228 g/mol.